The molecule has 0 saturated heterocycles. The van der Waals surface area contributed by atoms with Crippen LogP contribution in [0, 0.1) is 0 Å². The molecule has 7 heteroatoms. The average molecular weight is 219 g/mol. The van der Waals surface area contributed by atoms with Crippen molar-refractivity contribution >= 4 is 10.8 Å². The van der Waals surface area contributed by atoms with Gasteiger partial charge in [0.1, 0.15) is 6.61 Å². The first-order chi connectivity index (χ1) is 6.70. The molecule has 0 aliphatic heterocycles. The summed E-state index contributed by atoms with van der Waals surface area (Å²) in [7, 11) is -1.29. The summed E-state index contributed by atoms with van der Waals surface area (Å²) in [6.45, 7) is 4.06. The Kier molecular flexibility index (Phi) is 3.87. The van der Waals surface area contributed by atoms with Crippen LogP contribution in [0.25, 0.3) is 0 Å². The normalized spacial score (nSPS) is 12.7. The van der Waals surface area contributed by atoms with Gasteiger partial charge < -0.3 is 4.84 Å². The van der Waals surface area contributed by atoms with E-state index < -0.39 is 16.5 Å². The lowest BCUT2D eigenvalue weighted by atomic mass is 10.5. The Hall–Kier alpha value is -1.11. The van der Waals surface area contributed by atoms with Crippen molar-refractivity contribution in [1.82, 2.24) is 14.9 Å². The Morgan fingerprint density at radius 2 is 2.29 bits per heavy atom. The molecule has 0 aliphatic rings. The van der Waals surface area contributed by atoms with Gasteiger partial charge in [-0.15, -0.1) is 5.10 Å². The highest BCUT2D eigenvalue weighted by molar-refractivity contribution is 7.84. The molecular formula is C7H13N3O3S. The molecule has 0 bridgehead atoms. The molecule has 1 heterocycles. The van der Waals surface area contributed by atoms with Gasteiger partial charge in [0.05, 0.1) is 10.8 Å². The minimum atomic E-state index is -1.29. The van der Waals surface area contributed by atoms with Crippen LogP contribution in [-0.2, 0) is 10.8 Å². The van der Waals surface area contributed by atoms with Crippen molar-refractivity contribution in [1.29, 1.82) is 0 Å². The smallest absolute Gasteiger partial charge is 0.377 e. The van der Waals surface area contributed by atoms with Crippen molar-refractivity contribution in [3.05, 3.63) is 10.5 Å². The lowest BCUT2D eigenvalue weighted by molar-refractivity contribution is 0.0835. The summed E-state index contributed by atoms with van der Waals surface area (Å²) in [5.74, 6) is 0.403. The van der Waals surface area contributed by atoms with Crippen molar-refractivity contribution < 1.29 is 9.05 Å². The van der Waals surface area contributed by atoms with Gasteiger partial charge in [0, 0.05) is 5.75 Å². The van der Waals surface area contributed by atoms with E-state index in [0.717, 1.165) is 11.2 Å². The fourth-order valence-corrected chi connectivity index (χ4v) is 1.57. The highest BCUT2D eigenvalue weighted by Crippen LogP contribution is 1.97. The first kappa shape index (κ1) is 11.0. The summed E-state index contributed by atoms with van der Waals surface area (Å²) in [5.41, 5.74) is -0.491. The minimum absolute atomic E-state index is 0.144. The molecule has 1 N–H and O–H groups in total. The predicted octanol–water partition coefficient (Wildman–Crippen LogP) is -0.463. The Morgan fingerprint density at radius 1 is 1.57 bits per heavy atom. The van der Waals surface area contributed by atoms with Crippen LogP contribution < -0.4 is 10.5 Å². The van der Waals surface area contributed by atoms with Crippen molar-refractivity contribution in [2.75, 3.05) is 12.4 Å². The molecule has 6 nitrogen and oxygen atoms in total. The van der Waals surface area contributed by atoms with Gasteiger partial charge in [-0.2, -0.15) is 0 Å². The van der Waals surface area contributed by atoms with Crippen molar-refractivity contribution in [3.8, 4) is 0 Å². The van der Waals surface area contributed by atoms with Crippen molar-refractivity contribution in [2.45, 2.75) is 25.4 Å². The Labute approximate surface area is 83.7 Å². The molecular weight excluding hydrogens is 206 g/mol. The van der Waals surface area contributed by atoms with E-state index in [1.54, 1.807) is 6.92 Å². The molecule has 0 aliphatic carbocycles. The van der Waals surface area contributed by atoms with Gasteiger partial charge in [-0.05, 0) is 6.42 Å². The number of aromatic nitrogens is 3. The predicted molar refractivity (Wildman–Crippen MR) is 51.5 cm³/mol. The van der Waals surface area contributed by atoms with Gasteiger partial charge in [0.25, 0.3) is 5.16 Å². The molecule has 80 valence electrons. The molecule has 14 heavy (non-hydrogen) atoms. The van der Waals surface area contributed by atoms with Crippen LogP contribution in [0.2, 0.25) is 0 Å². The monoisotopic (exact) mass is 219 g/mol. The van der Waals surface area contributed by atoms with Crippen LogP contribution in [0.15, 0.2) is 9.95 Å². The van der Waals surface area contributed by atoms with E-state index in [0.29, 0.717) is 12.4 Å². The zero-order valence-corrected chi connectivity index (χ0v) is 8.97. The van der Waals surface area contributed by atoms with Crippen LogP contribution in [-0.4, -0.2) is 31.5 Å². The molecule has 0 radical (unpaired) electrons. The van der Waals surface area contributed by atoms with Crippen LogP contribution in [0.4, 0.5) is 0 Å². The molecule has 1 atom stereocenters. The second-order valence-electron chi connectivity index (χ2n) is 2.57. The number of nitrogens with one attached hydrogen (secondary N) is 1. The third-order valence-corrected chi connectivity index (χ3v) is 2.68. The van der Waals surface area contributed by atoms with Gasteiger partial charge in [-0.1, -0.05) is 18.6 Å². The average Bonchev–Trinajstić information content (AvgIpc) is 2.56. The summed E-state index contributed by atoms with van der Waals surface area (Å²) >= 11 is 0. The van der Waals surface area contributed by atoms with E-state index in [1.165, 1.54) is 0 Å². The standard InChI is InChI=1S/C7H13N3O3S/c1-3-5-13-10-6(11)8-9-7(10)14(12)4-2/h3-5H2,1-2H3,(H,8,11). The summed E-state index contributed by atoms with van der Waals surface area (Å²) in [4.78, 5) is 16.2. The number of rotatable bonds is 5. The molecule has 0 aromatic carbocycles. The maximum Gasteiger partial charge on any atom is 0.377 e. The largest absolute Gasteiger partial charge is 0.407 e. The highest BCUT2D eigenvalue weighted by atomic mass is 32.2. The van der Waals surface area contributed by atoms with Crippen LogP contribution >= 0.6 is 0 Å². The zero-order valence-electron chi connectivity index (χ0n) is 8.15. The van der Waals surface area contributed by atoms with E-state index in [1.807, 2.05) is 6.92 Å². The van der Waals surface area contributed by atoms with Crippen molar-refractivity contribution in [2.24, 2.45) is 0 Å². The quantitative estimate of drug-likeness (QED) is 0.726. The van der Waals surface area contributed by atoms with Gasteiger partial charge >= 0.3 is 5.69 Å². The van der Waals surface area contributed by atoms with Crippen LogP contribution in [0.1, 0.15) is 20.3 Å². The van der Waals surface area contributed by atoms with Crippen molar-refractivity contribution in [3.63, 3.8) is 0 Å². The first-order valence-corrected chi connectivity index (χ1v) is 5.71. The Balaban J connectivity index is 2.94. The second kappa shape index (κ2) is 4.94. The minimum Gasteiger partial charge on any atom is -0.407 e. The fourth-order valence-electron chi connectivity index (χ4n) is 0.842. The Morgan fingerprint density at radius 3 is 2.86 bits per heavy atom. The van der Waals surface area contributed by atoms with E-state index in [4.69, 9.17) is 4.84 Å². The number of aromatic amines is 1. The Bertz CT molecular complexity index is 371. The van der Waals surface area contributed by atoms with Gasteiger partial charge in [0.2, 0.25) is 0 Å². The number of hydrogen-bond acceptors (Lipinski definition) is 4. The highest BCUT2D eigenvalue weighted by Gasteiger charge is 2.14. The van der Waals surface area contributed by atoms with E-state index in [2.05, 4.69) is 10.2 Å². The molecule has 1 aromatic rings. The molecule has 0 fully saturated rings. The fraction of sp³-hybridized carbons (Fsp3) is 0.714. The van der Waals surface area contributed by atoms with E-state index >= 15 is 0 Å². The summed E-state index contributed by atoms with van der Waals surface area (Å²) < 4.78 is 12.4. The maximum absolute atomic E-state index is 11.4. The van der Waals surface area contributed by atoms with E-state index in [9.17, 15) is 9.00 Å². The molecule has 1 unspecified atom stereocenters. The lowest BCUT2D eigenvalue weighted by Crippen LogP contribution is -2.27. The van der Waals surface area contributed by atoms with Gasteiger partial charge in [-0.25, -0.2) is 9.89 Å². The van der Waals surface area contributed by atoms with Gasteiger partial charge in [0.15, 0.2) is 0 Å². The maximum atomic E-state index is 11.4. The molecule has 1 rings (SSSR count). The number of H-pyrrole nitrogens is 1. The SMILES string of the molecule is CCCOn1c(S(=O)CC)n[nH]c1=O. The molecule has 0 amide bonds. The molecule has 1 aromatic heterocycles. The summed E-state index contributed by atoms with van der Waals surface area (Å²) in [6.07, 6.45) is 0.774. The second-order valence-corrected chi connectivity index (χ2v) is 4.21. The zero-order chi connectivity index (χ0) is 10.6. The first-order valence-electron chi connectivity index (χ1n) is 4.39. The summed E-state index contributed by atoms with van der Waals surface area (Å²) in [6, 6.07) is 0. The third-order valence-electron chi connectivity index (χ3n) is 1.50. The van der Waals surface area contributed by atoms with E-state index in [-0.39, 0.29) is 5.16 Å². The molecule has 0 spiro atoms. The number of nitrogens with zero attached hydrogens (tertiary/aromatic N) is 2. The number of hydrogen-bond donors (Lipinski definition) is 1. The van der Waals surface area contributed by atoms with Crippen LogP contribution in [0.5, 0.6) is 0 Å². The lowest BCUT2D eigenvalue weighted by Gasteiger charge is -2.04. The van der Waals surface area contributed by atoms with Gasteiger partial charge in [-0.3, -0.25) is 4.21 Å². The topological polar surface area (TPSA) is 77.0 Å². The van der Waals surface area contributed by atoms with Crippen LogP contribution in [0.3, 0.4) is 0 Å². The molecule has 0 saturated carbocycles. The summed E-state index contributed by atoms with van der Waals surface area (Å²) in [5, 5.41) is 5.98. The third kappa shape index (κ3) is 2.22.